The van der Waals surface area contributed by atoms with Gasteiger partial charge in [-0.15, -0.1) is 0 Å². The van der Waals surface area contributed by atoms with E-state index in [4.69, 9.17) is 14.6 Å². The van der Waals surface area contributed by atoms with Crippen molar-refractivity contribution in [2.24, 2.45) is 10.1 Å². The van der Waals surface area contributed by atoms with E-state index < -0.39 is 10.8 Å². The molecule has 10 nitrogen and oxygen atoms in total. The van der Waals surface area contributed by atoms with Gasteiger partial charge in [-0.1, -0.05) is 37.3 Å². The second-order valence-electron chi connectivity index (χ2n) is 8.40. The smallest absolute Gasteiger partial charge is 0.284 e. The van der Waals surface area contributed by atoms with Gasteiger partial charge >= 0.3 is 0 Å². The van der Waals surface area contributed by atoms with Gasteiger partial charge in [0.15, 0.2) is 5.84 Å². The van der Waals surface area contributed by atoms with E-state index in [-0.39, 0.29) is 40.1 Å². The summed E-state index contributed by atoms with van der Waals surface area (Å²) in [5, 5.41) is 27.4. The number of carbonyl (C=O) groups excluding carboxylic acids is 1. The first-order valence-corrected chi connectivity index (χ1v) is 12.8. The maximum absolute atomic E-state index is 12.9. The van der Waals surface area contributed by atoms with Crippen molar-refractivity contribution in [3.63, 3.8) is 0 Å². The average Bonchev–Trinajstić information content (AvgIpc) is 3.55. The van der Waals surface area contributed by atoms with Gasteiger partial charge in [-0.2, -0.15) is 15.1 Å². The van der Waals surface area contributed by atoms with Crippen molar-refractivity contribution in [2.75, 3.05) is 6.61 Å². The van der Waals surface area contributed by atoms with Crippen molar-refractivity contribution in [3.05, 3.63) is 87.7 Å². The zero-order valence-corrected chi connectivity index (χ0v) is 21.4. The van der Waals surface area contributed by atoms with E-state index in [0.717, 1.165) is 17.0 Å². The van der Waals surface area contributed by atoms with Gasteiger partial charge in [0, 0.05) is 5.92 Å². The SMILES string of the molecule is CCOc1ccc(-c2ccc(/C=C3\C(=N)N4N=C([C@@H](CC)c5ccccc5)SC4=NC3=O)o2)c([N+](=O)[O-])c1. The predicted molar refractivity (Wildman–Crippen MR) is 146 cm³/mol. The molecule has 2 aliphatic heterocycles. The number of nitrogens with zero attached hydrogens (tertiary/aromatic N) is 4. The van der Waals surface area contributed by atoms with Crippen LogP contribution in [0.3, 0.4) is 0 Å². The van der Waals surface area contributed by atoms with Crippen molar-refractivity contribution in [1.29, 1.82) is 5.41 Å². The Balaban J connectivity index is 1.43. The van der Waals surface area contributed by atoms with Crippen LogP contribution >= 0.6 is 11.8 Å². The van der Waals surface area contributed by atoms with Crippen LogP contribution in [0.4, 0.5) is 5.69 Å². The number of hydrogen-bond acceptors (Lipinski definition) is 8. The number of nitro groups is 1. The molecule has 2 aliphatic rings. The fourth-order valence-electron chi connectivity index (χ4n) is 4.23. The number of hydrazone groups is 1. The molecule has 1 amide bonds. The maximum atomic E-state index is 12.9. The van der Waals surface area contributed by atoms with E-state index in [1.54, 1.807) is 31.2 Å². The Morgan fingerprint density at radius 3 is 2.68 bits per heavy atom. The van der Waals surface area contributed by atoms with Crippen LogP contribution < -0.4 is 4.74 Å². The zero-order chi connectivity index (χ0) is 26.8. The normalized spacial score (nSPS) is 16.8. The molecule has 11 heteroatoms. The zero-order valence-electron chi connectivity index (χ0n) is 20.6. The van der Waals surface area contributed by atoms with Crippen LogP contribution in [0.1, 0.15) is 37.5 Å². The van der Waals surface area contributed by atoms with E-state index in [9.17, 15) is 14.9 Å². The first kappa shape index (κ1) is 25.2. The molecule has 38 heavy (non-hydrogen) atoms. The molecule has 1 aromatic heterocycles. The van der Waals surface area contributed by atoms with Crippen molar-refractivity contribution in [3.8, 4) is 17.1 Å². The third kappa shape index (κ3) is 4.75. The lowest BCUT2D eigenvalue weighted by molar-refractivity contribution is -0.384. The Morgan fingerprint density at radius 2 is 1.97 bits per heavy atom. The summed E-state index contributed by atoms with van der Waals surface area (Å²) in [5.41, 5.74) is 1.21. The quantitative estimate of drug-likeness (QED) is 0.213. The number of carbonyl (C=O) groups is 1. The van der Waals surface area contributed by atoms with Crippen LogP contribution in [0.25, 0.3) is 17.4 Å². The molecule has 0 radical (unpaired) electrons. The number of amides is 1. The van der Waals surface area contributed by atoms with Gasteiger partial charge in [0.1, 0.15) is 22.3 Å². The summed E-state index contributed by atoms with van der Waals surface area (Å²) in [6.45, 7) is 4.23. The lowest BCUT2D eigenvalue weighted by Crippen LogP contribution is -2.35. The molecule has 0 bridgehead atoms. The fraction of sp³-hybridized carbons (Fsp3) is 0.185. The number of fused-ring (bicyclic) bond motifs is 1. The number of amidine groups is 2. The monoisotopic (exact) mass is 529 g/mol. The standard InChI is InChI=1S/C27H23N5O5S/c1-3-19(16-8-6-5-7-9-16)26-30-31-24(28)21(25(33)29-27(31)38-26)14-18-11-13-23(37-18)20-12-10-17(36-4-2)15-22(20)32(34)35/h5-15,19,28H,3-4H2,1-2H3/b21-14+,28-24?/t19-/m0/s1. The Kier molecular flexibility index (Phi) is 6.93. The molecule has 3 aromatic rings. The Labute approximate surface area is 222 Å². The summed E-state index contributed by atoms with van der Waals surface area (Å²) in [5.74, 6) is 0.200. The van der Waals surface area contributed by atoms with Crippen molar-refractivity contribution >= 4 is 45.5 Å². The summed E-state index contributed by atoms with van der Waals surface area (Å²) in [6.07, 6.45) is 2.20. The molecule has 0 saturated carbocycles. The molecule has 3 heterocycles. The molecule has 0 unspecified atom stereocenters. The highest BCUT2D eigenvalue weighted by Crippen LogP contribution is 2.37. The van der Waals surface area contributed by atoms with Gasteiger partial charge in [0.2, 0.25) is 5.17 Å². The van der Waals surface area contributed by atoms with Gasteiger partial charge in [0.25, 0.3) is 11.6 Å². The molecule has 192 valence electrons. The summed E-state index contributed by atoms with van der Waals surface area (Å²) in [6, 6.07) is 17.6. The maximum Gasteiger partial charge on any atom is 0.284 e. The van der Waals surface area contributed by atoms with Crippen LogP contribution in [0.5, 0.6) is 5.75 Å². The van der Waals surface area contributed by atoms with E-state index in [1.807, 2.05) is 30.3 Å². The predicted octanol–water partition coefficient (Wildman–Crippen LogP) is 6.07. The van der Waals surface area contributed by atoms with E-state index in [2.05, 4.69) is 17.0 Å². The number of hydrogen-bond donors (Lipinski definition) is 1. The Hall–Kier alpha value is -4.51. The van der Waals surface area contributed by atoms with E-state index in [0.29, 0.717) is 17.5 Å². The Morgan fingerprint density at radius 1 is 1.18 bits per heavy atom. The van der Waals surface area contributed by atoms with Gasteiger partial charge in [-0.05, 0) is 61.0 Å². The van der Waals surface area contributed by atoms with Gasteiger partial charge < -0.3 is 9.15 Å². The largest absolute Gasteiger partial charge is 0.494 e. The van der Waals surface area contributed by atoms with Crippen LogP contribution in [0, 0.1) is 15.5 Å². The highest BCUT2D eigenvalue weighted by molar-refractivity contribution is 8.27. The summed E-state index contributed by atoms with van der Waals surface area (Å²) in [4.78, 5) is 28.2. The van der Waals surface area contributed by atoms with Crippen molar-refractivity contribution in [2.45, 2.75) is 26.2 Å². The molecular formula is C27H23N5O5S. The van der Waals surface area contributed by atoms with Crippen LogP contribution in [0.15, 0.2) is 80.7 Å². The number of rotatable bonds is 8. The molecule has 0 fully saturated rings. The summed E-state index contributed by atoms with van der Waals surface area (Å²) >= 11 is 1.29. The van der Waals surface area contributed by atoms with Crippen LogP contribution in [0.2, 0.25) is 0 Å². The van der Waals surface area contributed by atoms with Gasteiger partial charge in [0.05, 0.1) is 28.7 Å². The average molecular weight is 530 g/mol. The molecule has 1 atom stereocenters. The molecule has 5 rings (SSSR count). The third-order valence-electron chi connectivity index (χ3n) is 6.03. The first-order chi connectivity index (χ1) is 18.4. The number of nitro benzene ring substituents is 1. The minimum Gasteiger partial charge on any atom is -0.494 e. The number of aliphatic imine (C=N–C) groups is 1. The number of ether oxygens (including phenoxy) is 1. The second kappa shape index (κ2) is 10.5. The van der Waals surface area contributed by atoms with Gasteiger partial charge in [-0.25, -0.2) is 0 Å². The number of nitrogens with one attached hydrogen (secondary N) is 1. The van der Waals surface area contributed by atoms with E-state index >= 15 is 0 Å². The highest BCUT2D eigenvalue weighted by atomic mass is 32.2. The lowest BCUT2D eigenvalue weighted by atomic mass is 9.98. The summed E-state index contributed by atoms with van der Waals surface area (Å²) in [7, 11) is 0. The number of furan rings is 1. The Bertz CT molecular complexity index is 1530. The molecule has 0 spiro atoms. The van der Waals surface area contributed by atoms with E-state index in [1.165, 1.54) is 28.9 Å². The minimum atomic E-state index is -0.581. The van der Waals surface area contributed by atoms with Crippen molar-refractivity contribution < 1.29 is 18.9 Å². The van der Waals surface area contributed by atoms with Crippen LogP contribution in [-0.2, 0) is 4.79 Å². The van der Waals surface area contributed by atoms with Crippen LogP contribution in [-0.4, -0.2) is 38.5 Å². The summed E-state index contributed by atoms with van der Waals surface area (Å²) < 4.78 is 11.2. The molecule has 2 aromatic carbocycles. The molecular weight excluding hydrogens is 506 g/mol. The first-order valence-electron chi connectivity index (χ1n) is 12.0. The minimum absolute atomic E-state index is 0.00852. The highest BCUT2D eigenvalue weighted by Gasteiger charge is 2.38. The number of benzene rings is 2. The molecule has 0 aliphatic carbocycles. The third-order valence-corrected chi connectivity index (χ3v) is 7.06. The molecule has 0 saturated heterocycles. The van der Waals surface area contributed by atoms with Gasteiger partial charge in [-0.3, -0.25) is 20.3 Å². The van der Waals surface area contributed by atoms with Crippen molar-refractivity contribution in [1.82, 2.24) is 5.01 Å². The lowest BCUT2D eigenvalue weighted by Gasteiger charge is -2.19. The number of thioether (sulfide) groups is 1. The topological polar surface area (TPSA) is 134 Å². The fourth-order valence-corrected chi connectivity index (χ4v) is 5.33. The molecule has 1 N–H and O–H groups in total. The second-order valence-corrected chi connectivity index (χ2v) is 9.39.